The molecule has 0 spiro atoms. The summed E-state index contributed by atoms with van der Waals surface area (Å²) < 4.78 is 0. The zero-order valence-corrected chi connectivity index (χ0v) is 9.46. The van der Waals surface area contributed by atoms with Crippen molar-refractivity contribution in [2.75, 3.05) is 0 Å². The molecule has 2 aliphatic carbocycles. The molecule has 2 rings (SSSR count). The first-order valence-electron chi connectivity index (χ1n) is 5.96. The van der Waals surface area contributed by atoms with Gasteiger partial charge in [0.1, 0.15) is 0 Å². The highest BCUT2D eigenvalue weighted by atomic mass is 16.4. The number of fused-ring (bicyclic) bond motifs is 2. The average molecular weight is 208 g/mol. The molecular formula is C13H20O2. The number of carboxylic acids is 1. The molecule has 0 heterocycles. The van der Waals surface area contributed by atoms with Crippen LogP contribution in [0.25, 0.3) is 0 Å². The van der Waals surface area contributed by atoms with Crippen LogP contribution in [-0.4, -0.2) is 11.1 Å². The molecule has 2 bridgehead atoms. The Kier molecular flexibility index (Phi) is 2.61. The topological polar surface area (TPSA) is 37.3 Å². The SMILES string of the molecule is C=C(C(=O)O)C1(C)CCC2CCCC1C2. The van der Waals surface area contributed by atoms with E-state index in [9.17, 15) is 4.79 Å². The van der Waals surface area contributed by atoms with Crippen molar-refractivity contribution in [1.29, 1.82) is 0 Å². The summed E-state index contributed by atoms with van der Waals surface area (Å²) in [6.45, 7) is 5.90. The Balaban J connectivity index is 2.20. The number of carboxylic acid groups (broad SMARTS) is 1. The summed E-state index contributed by atoms with van der Waals surface area (Å²) in [7, 11) is 0. The molecule has 3 atom stereocenters. The number of rotatable bonds is 2. The van der Waals surface area contributed by atoms with E-state index in [0.717, 1.165) is 12.3 Å². The number of hydrogen-bond donors (Lipinski definition) is 1. The van der Waals surface area contributed by atoms with Crippen LogP contribution in [0.4, 0.5) is 0 Å². The second-order valence-corrected chi connectivity index (χ2v) is 5.47. The number of hydrogen-bond acceptors (Lipinski definition) is 1. The van der Waals surface area contributed by atoms with Gasteiger partial charge in [-0.25, -0.2) is 4.79 Å². The Labute approximate surface area is 91.4 Å². The first-order chi connectivity index (χ1) is 7.04. The highest BCUT2D eigenvalue weighted by Gasteiger charge is 2.45. The summed E-state index contributed by atoms with van der Waals surface area (Å²) in [6, 6.07) is 0. The Hall–Kier alpha value is -0.790. The molecule has 0 saturated heterocycles. The van der Waals surface area contributed by atoms with Crippen LogP contribution in [0.5, 0.6) is 0 Å². The third-order valence-corrected chi connectivity index (χ3v) is 4.70. The zero-order chi connectivity index (χ0) is 11.1. The van der Waals surface area contributed by atoms with E-state index in [2.05, 4.69) is 13.5 Å². The lowest BCUT2D eigenvalue weighted by Gasteiger charge is -2.47. The van der Waals surface area contributed by atoms with Crippen LogP contribution in [-0.2, 0) is 4.79 Å². The first-order valence-corrected chi connectivity index (χ1v) is 5.96. The molecule has 2 fully saturated rings. The van der Waals surface area contributed by atoms with Crippen LogP contribution >= 0.6 is 0 Å². The molecule has 1 N–H and O–H groups in total. The molecule has 0 aromatic heterocycles. The molecule has 2 nitrogen and oxygen atoms in total. The Morgan fingerprint density at radius 2 is 2.13 bits per heavy atom. The second kappa shape index (κ2) is 3.66. The molecule has 0 amide bonds. The molecule has 3 unspecified atom stereocenters. The van der Waals surface area contributed by atoms with Gasteiger partial charge >= 0.3 is 5.97 Å². The van der Waals surface area contributed by atoms with Gasteiger partial charge in [0, 0.05) is 11.0 Å². The number of aliphatic carboxylic acids is 1. The van der Waals surface area contributed by atoms with Gasteiger partial charge in [0.05, 0.1) is 0 Å². The monoisotopic (exact) mass is 208 g/mol. The first kappa shape index (κ1) is 10.7. The predicted molar refractivity (Wildman–Crippen MR) is 59.6 cm³/mol. The third-order valence-electron chi connectivity index (χ3n) is 4.70. The molecule has 2 aliphatic rings. The van der Waals surface area contributed by atoms with E-state index in [1.807, 2.05) is 0 Å². The summed E-state index contributed by atoms with van der Waals surface area (Å²) in [6.07, 6.45) is 7.26. The van der Waals surface area contributed by atoms with Gasteiger partial charge in [0.25, 0.3) is 0 Å². The molecule has 0 radical (unpaired) electrons. The van der Waals surface area contributed by atoms with Crippen molar-refractivity contribution >= 4 is 5.97 Å². The minimum Gasteiger partial charge on any atom is -0.478 e. The summed E-state index contributed by atoms with van der Waals surface area (Å²) in [5, 5.41) is 9.10. The Bertz CT molecular complexity index is 295. The lowest BCUT2D eigenvalue weighted by molar-refractivity contribution is -0.135. The van der Waals surface area contributed by atoms with E-state index in [4.69, 9.17) is 5.11 Å². The summed E-state index contributed by atoms with van der Waals surface area (Å²) >= 11 is 0. The average Bonchev–Trinajstić information content (AvgIpc) is 2.24. The van der Waals surface area contributed by atoms with Crippen molar-refractivity contribution < 1.29 is 9.90 Å². The van der Waals surface area contributed by atoms with Gasteiger partial charge < -0.3 is 5.11 Å². The Morgan fingerprint density at radius 3 is 2.80 bits per heavy atom. The predicted octanol–water partition coefficient (Wildman–Crippen LogP) is 3.23. The van der Waals surface area contributed by atoms with E-state index in [1.54, 1.807) is 0 Å². The molecular weight excluding hydrogens is 188 g/mol. The smallest absolute Gasteiger partial charge is 0.331 e. The van der Waals surface area contributed by atoms with E-state index in [1.165, 1.54) is 32.1 Å². The van der Waals surface area contributed by atoms with Crippen LogP contribution in [0.3, 0.4) is 0 Å². The van der Waals surface area contributed by atoms with Crippen LogP contribution in [0.2, 0.25) is 0 Å². The van der Waals surface area contributed by atoms with E-state index >= 15 is 0 Å². The maximum atomic E-state index is 11.1. The van der Waals surface area contributed by atoms with Crippen molar-refractivity contribution in [3.05, 3.63) is 12.2 Å². The lowest BCUT2D eigenvalue weighted by Crippen LogP contribution is -2.40. The van der Waals surface area contributed by atoms with Crippen LogP contribution in [0, 0.1) is 17.3 Å². The lowest BCUT2D eigenvalue weighted by atomic mass is 9.57. The minimum absolute atomic E-state index is 0.136. The standard InChI is InChI=1S/C13H20O2/c1-9(12(14)15)13(2)7-6-10-4-3-5-11(13)8-10/h10-11H,1,3-8H2,2H3,(H,14,15). The molecule has 0 aromatic rings. The molecule has 0 aromatic carbocycles. The molecule has 2 heteroatoms. The third kappa shape index (κ3) is 1.70. The van der Waals surface area contributed by atoms with Gasteiger partial charge in [-0.05, 0) is 37.5 Å². The number of carbonyl (C=O) groups is 1. The van der Waals surface area contributed by atoms with E-state index < -0.39 is 5.97 Å². The normalized spacial score (nSPS) is 39.8. The van der Waals surface area contributed by atoms with Crippen LogP contribution in [0.1, 0.15) is 45.4 Å². The highest BCUT2D eigenvalue weighted by Crippen LogP contribution is 2.53. The highest BCUT2D eigenvalue weighted by molar-refractivity contribution is 5.87. The fourth-order valence-corrected chi connectivity index (χ4v) is 3.48. The van der Waals surface area contributed by atoms with E-state index in [0.29, 0.717) is 11.5 Å². The fourth-order valence-electron chi connectivity index (χ4n) is 3.48. The summed E-state index contributed by atoms with van der Waals surface area (Å²) in [4.78, 5) is 11.1. The molecule has 2 saturated carbocycles. The molecule has 15 heavy (non-hydrogen) atoms. The van der Waals surface area contributed by atoms with Crippen LogP contribution < -0.4 is 0 Å². The van der Waals surface area contributed by atoms with Crippen molar-refractivity contribution in [3.8, 4) is 0 Å². The van der Waals surface area contributed by atoms with Gasteiger partial charge in [0.2, 0.25) is 0 Å². The quantitative estimate of drug-likeness (QED) is 0.707. The zero-order valence-electron chi connectivity index (χ0n) is 9.46. The van der Waals surface area contributed by atoms with Gasteiger partial charge in [-0.3, -0.25) is 0 Å². The molecule has 0 aliphatic heterocycles. The van der Waals surface area contributed by atoms with Crippen molar-refractivity contribution in [1.82, 2.24) is 0 Å². The summed E-state index contributed by atoms with van der Waals surface area (Å²) in [5.41, 5.74) is 0.302. The van der Waals surface area contributed by atoms with Crippen molar-refractivity contribution in [2.45, 2.75) is 45.4 Å². The van der Waals surface area contributed by atoms with Gasteiger partial charge in [-0.1, -0.05) is 26.3 Å². The second-order valence-electron chi connectivity index (χ2n) is 5.47. The van der Waals surface area contributed by atoms with Gasteiger partial charge in [0.15, 0.2) is 0 Å². The maximum absolute atomic E-state index is 11.1. The largest absolute Gasteiger partial charge is 0.478 e. The van der Waals surface area contributed by atoms with Crippen molar-refractivity contribution in [2.24, 2.45) is 17.3 Å². The van der Waals surface area contributed by atoms with E-state index in [-0.39, 0.29) is 5.41 Å². The summed E-state index contributed by atoms with van der Waals surface area (Å²) in [5.74, 6) is 0.619. The van der Waals surface area contributed by atoms with Gasteiger partial charge in [-0.15, -0.1) is 0 Å². The molecule has 84 valence electrons. The Morgan fingerprint density at radius 1 is 1.40 bits per heavy atom. The van der Waals surface area contributed by atoms with Crippen molar-refractivity contribution in [3.63, 3.8) is 0 Å². The van der Waals surface area contributed by atoms with Crippen LogP contribution in [0.15, 0.2) is 12.2 Å². The minimum atomic E-state index is -0.804. The fraction of sp³-hybridized carbons (Fsp3) is 0.769. The van der Waals surface area contributed by atoms with Gasteiger partial charge in [-0.2, -0.15) is 0 Å². The maximum Gasteiger partial charge on any atom is 0.331 e.